The summed E-state index contributed by atoms with van der Waals surface area (Å²) in [5.74, 6) is 1.71. The molecule has 0 amide bonds. The zero-order valence-electron chi connectivity index (χ0n) is 18.7. The monoisotopic (exact) mass is 466 g/mol. The summed E-state index contributed by atoms with van der Waals surface area (Å²) in [5.41, 5.74) is 1.31. The predicted molar refractivity (Wildman–Crippen MR) is 127 cm³/mol. The molecule has 2 N–H and O–H groups in total. The number of fused-ring (bicyclic) bond motifs is 1. The highest BCUT2D eigenvalue weighted by Gasteiger charge is 2.34. The lowest BCUT2D eigenvalue weighted by molar-refractivity contribution is -0.137. The van der Waals surface area contributed by atoms with E-state index in [1.807, 2.05) is 18.2 Å². The average molecular weight is 467 g/mol. The molecule has 3 aromatic rings. The van der Waals surface area contributed by atoms with Gasteiger partial charge in [0.05, 0.1) is 11.6 Å². The molecule has 0 unspecified atom stereocenters. The topological polar surface area (TPSA) is 65.4 Å². The number of hydrogen-bond acceptors (Lipinski definition) is 6. The Balaban J connectivity index is 1.59. The molecule has 1 atom stereocenters. The van der Waals surface area contributed by atoms with Crippen LogP contribution >= 0.6 is 0 Å². The first kappa shape index (κ1) is 22.3. The second-order valence-electron chi connectivity index (χ2n) is 8.33. The summed E-state index contributed by atoms with van der Waals surface area (Å²) in [7, 11) is 0. The van der Waals surface area contributed by atoms with E-state index in [0.29, 0.717) is 30.6 Å². The molecule has 2 aromatic carbocycles. The predicted octanol–water partition coefficient (Wildman–Crippen LogP) is 4.90. The minimum absolute atomic E-state index is 0.0328. The Kier molecular flexibility index (Phi) is 5.95. The Labute approximate surface area is 196 Å². The van der Waals surface area contributed by atoms with Crippen molar-refractivity contribution in [2.45, 2.75) is 25.6 Å². The molecule has 0 bridgehead atoms. The van der Waals surface area contributed by atoms with E-state index in [0.717, 1.165) is 36.7 Å². The van der Waals surface area contributed by atoms with Gasteiger partial charge in [0, 0.05) is 43.4 Å². The van der Waals surface area contributed by atoms with E-state index in [9.17, 15) is 13.2 Å². The maximum atomic E-state index is 13.8. The van der Waals surface area contributed by atoms with Crippen LogP contribution < -0.4 is 15.5 Å². The van der Waals surface area contributed by atoms with Gasteiger partial charge in [-0.25, -0.2) is 9.97 Å². The molecule has 9 heteroatoms. The minimum atomic E-state index is -4.51. The van der Waals surface area contributed by atoms with Gasteiger partial charge in [-0.3, -0.25) is 4.99 Å². The zero-order chi connectivity index (χ0) is 23.7. The molecular formula is C25H25F3N6. The quantitative estimate of drug-likeness (QED) is 0.573. The molecule has 1 aromatic heterocycles. The zero-order valence-corrected chi connectivity index (χ0v) is 18.7. The first-order valence-electron chi connectivity index (χ1n) is 11.4. The van der Waals surface area contributed by atoms with E-state index in [4.69, 9.17) is 4.99 Å². The summed E-state index contributed by atoms with van der Waals surface area (Å²) >= 11 is 0. The molecule has 2 aliphatic rings. The summed E-state index contributed by atoms with van der Waals surface area (Å²) < 4.78 is 41.3. The van der Waals surface area contributed by atoms with Gasteiger partial charge in [0.1, 0.15) is 17.5 Å². The van der Waals surface area contributed by atoms with Crippen molar-refractivity contribution in [1.82, 2.24) is 15.3 Å². The van der Waals surface area contributed by atoms with Crippen LogP contribution in [0.2, 0.25) is 0 Å². The fourth-order valence-corrected chi connectivity index (χ4v) is 4.43. The van der Waals surface area contributed by atoms with E-state index in [-0.39, 0.29) is 17.4 Å². The van der Waals surface area contributed by atoms with Crippen molar-refractivity contribution in [2.24, 2.45) is 4.99 Å². The van der Waals surface area contributed by atoms with Gasteiger partial charge in [0.15, 0.2) is 5.82 Å². The molecule has 6 nitrogen and oxygen atoms in total. The van der Waals surface area contributed by atoms with Crippen LogP contribution in [0.4, 0.5) is 24.8 Å². The molecular weight excluding hydrogens is 441 g/mol. The van der Waals surface area contributed by atoms with E-state index < -0.39 is 11.7 Å². The largest absolute Gasteiger partial charge is 0.417 e. The molecule has 5 rings (SSSR count). The standard InChI is InChI=1S/C25H25F3N6/c1-2-20-16-7-3-4-8-17(16)23(30-20)31-21-15-22(34-13-11-29-12-14-34)33-24(32-21)18-9-5-6-10-19(18)25(26,27)28/h3-10,15,20,29H,2,11-14H2,1H3,(H,30,31,32,33)/t20-/m1/s1. The summed E-state index contributed by atoms with van der Waals surface area (Å²) in [6.07, 6.45) is -3.66. The van der Waals surface area contributed by atoms with Crippen molar-refractivity contribution in [2.75, 3.05) is 36.4 Å². The van der Waals surface area contributed by atoms with E-state index >= 15 is 0 Å². The second kappa shape index (κ2) is 9.06. The lowest BCUT2D eigenvalue weighted by atomic mass is 10.0. The van der Waals surface area contributed by atoms with Gasteiger partial charge in [0.2, 0.25) is 0 Å². The SMILES string of the molecule is CC[C@H]1N=C(Nc2cc(N3CCNCC3)nc(-c3ccccc3C(F)(F)F)n2)c2ccccc21. The van der Waals surface area contributed by atoms with E-state index in [1.165, 1.54) is 12.1 Å². The van der Waals surface area contributed by atoms with Crippen molar-refractivity contribution in [3.05, 3.63) is 71.3 Å². The van der Waals surface area contributed by atoms with Crippen LogP contribution in [-0.4, -0.2) is 42.0 Å². The molecule has 0 saturated carbocycles. The summed E-state index contributed by atoms with van der Waals surface area (Å²) in [6.45, 7) is 5.04. The van der Waals surface area contributed by atoms with Crippen LogP contribution in [0.25, 0.3) is 11.4 Å². The summed E-state index contributed by atoms with van der Waals surface area (Å²) in [6, 6.07) is 15.2. The van der Waals surface area contributed by atoms with Gasteiger partial charge in [-0.15, -0.1) is 0 Å². The third-order valence-corrected chi connectivity index (χ3v) is 6.12. The Morgan fingerprint density at radius 3 is 2.44 bits per heavy atom. The van der Waals surface area contributed by atoms with Crippen molar-refractivity contribution in [3.63, 3.8) is 0 Å². The number of hydrogen-bond donors (Lipinski definition) is 2. The lowest BCUT2D eigenvalue weighted by Crippen LogP contribution is -2.44. The van der Waals surface area contributed by atoms with Crippen molar-refractivity contribution >= 4 is 17.5 Å². The molecule has 176 valence electrons. The molecule has 1 fully saturated rings. The normalized spacial score (nSPS) is 17.9. The number of rotatable bonds is 4. The lowest BCUT2D eigenvalue weighted by Gasteiger charge is -2.29. The molecule has 34 heavy (non-hydrogen) atoms. The Morgan fingerprint density at radius 1 is 1.00 bits per heavy atom. The van der Waals surface area contributed by atoms with Crippen LogP contribution in [0.5, 0.6) is 0 Å². The van der Waals surface area contributed by atoms with Gasteiger partial charge < -0.3 is 15.5 Å². The van der Waals surface area contributed by atoms with Gasteiger partial charge in [-0.2, -0.15) is 13.2 Å². The maximum Gasteiger partial charge on any atom is 0.417 e. The van der Waals surface area contributed by atoms with Gasteiger partial charge in [-0.05, 0) is 18.1 Å². The highest BCUT2D eigenvalue weighted by molar-refractivity contribution is 6.10. The molecule has 1 saturated heterocycles. The molecule has 2 aliphatic heterocycles. The fraction of sp³-hybridized carbons (Fsp3) is 0.320. The number of nitrogens with one attached hydrogen (secondary N) is 2. The molecule has 3 heterocycles. The number of halogens is 3. The highest BCUT2D eigenvalue weighted by Crippen LogP contribution is 2.37. The Bertz CT molecular complexity index is 1220. The fourth-order valence-electron chi connectivity index (χ4n) is 4.43. The number of amidine groups is 1. The van der Waals surface area contributed by atoms with E-state index in [2.05, 4.69) is 38.5 Å². The van der Waals surface area contributed by atoms with Crippen LogP contribution in [-0.2, 0) is 6.18 Å². The first-order chi connectivity index (χ1) is 16.4. The number of aromatic nitrogens is 2. The number of nitrogens with zero attached hydrogens (tertiary/aromatic N) is 4. The van der Waals surface area contributed by atoms with E-state index in [1.54, 1.807) is 12.1 Å². The maximum absolute atomic E-state index is 13.8. The first-order valence-corrected chi connectivity index (χ1v) is 11.4. The van der Waals surface area contributed by atoms with Crippen molar-refractivity contribution in [1.29, 1.82) is 0 Å². The highest BCUT2D eigenvalue weighted by atomic mass is 19.4. The van der Waals surface area contributed by atoms with Crippen LogP contribution in [0, 0.1) is 0 Å². The van der Waals surface area contributed by atoms with Crippen molar-refractivity contribution in [3.8, 4) is 11.4 Å². The van der Waals surface area contributed by atoms with Crippen LogP contribution in [0.3, 0.4) is 0 Å². The number of aliphatic imine (C=N–C) groups is 1. The molecule has 0 aliphatic carbocycles. The van der Waals surface area contributed by atoms with Gasteiger partial charge >= 0.3 is 6.18 Å². The third kappa shape index (κ3) is 4.35. The van der Waals surface area contributed by atoms with Gasteiger partial charge in [0.25, 0.3) is 0 Å². The summed E-state index contributed by atoms with van der Waals surface area (Å²) in [5, 5.41) is 6.57. The minimum Gasteiger partial charge on any atom is -0.354 e. The average Bonchev–Trinajstić information content (AvgIpc) is 3.21. The van der Waals surface area contributed by atoms with Crippen LogP contribution in [0.15, 0.2) is 59.6 Å². The number of alkyl halides is 3. The van der Waals surface area contributed by atoms with Crippen LogP contribution in [0.1, 0.15) is 36.1 Å². The van der Waals surface area contributed by atoms with Gasteiger partial charge in [-0.1, -0.05) is 49.4 Å². The van der Waals surface area contributed by atoms with Crippen molar-refractivity contribution < 1.29 is 13.2 Å². The summed E-state index contributed by atoms with van der Waals surface area (Å²) in [4.78, 5) is 15.9. The number of piperazine rings is 1. The number of anilines is 2. The second-order valence-corrected chi connectivity index (χ2v) is 8.33. The molecule has 0 spiro atoms. The third-order valence-electron chi connectivity index (χ3n) is 6.12. The Hall–Kier alpha value is -3.46. The number of benzene rings is 2. The Morgan fingerprint density at radius 2 is 1.71 bits per heavy atom. The molecule has 0 radical (unpaired) electrons. The smallest absolute Gasteiger partial charge is 0.354 e.